The summed E-state index contributed by atoms with van der Waals surface area (Å²) in [5, 5.41) is 0. The molecule has 0 aliphatic rings. The number of benzene rings is 1. The van der Waals surface area contributed by atoms with Gasteiger partial charge >= 0.3 is 0 Å². The molecular weight excluding hydrogens is 205 g/mol. The number of aryl methyl sites for hydroxylation is 1. The summed E-state index contributed by atoms with van der Waals surface area (Å²) in [4.78, 5) is 0. The summed E-state index contributed by atoms with van der Waals surface area (Å²) in [5.41, 5.74) is 7.59. The van der Waals surface area contributed by atoms with Crippen LogP contribution in [0.5, 0.6) is 0 Å². The Morgan fingerprint density at radius 2 is 2.12 bits per heavy atom. The average molecular weight is 225 g/mol. The Bertz CT molecular complexity index is 361. The second-order valence-corrected chi connectivity index (χ2v) is 4.35. The van der Waals surface area contributed by atoms with Crippen LogP contribution in [0.1, 0.15) is 37.4 Å². The largest absolute Gasteiger partial charge is 0.377 e. The van der Waals surface area contributed by atoms with Gasteiger partial charge in [-0.2, -0.15) is 0 Å². The van der Waals surface area contributed by atoms with Crippen LogP contribution in [0.15, 0.2) is 18.2 Å². The molecule has 2 nitrogen and oxygen atoms in total. The van der Waals surface area contributed by atoms with Crippen molar-refractivity contribution in [2.45, 2.75) is 38.8 Å². The summed E-state index contributed by atoms with van der Waals surface area (Å²) >= 11 is 0. The smallest absolute Gasteiger partial charge is 0.123 e. The van der Waals surface area contributed by atoms with Gasteiger partial charge in [0.15, 0.2) is 0 Å². The molecule has 0 aromatic heterocycles. The lowest BCUT2D eigenvalue weighted by Crippen LogP contribution is -2.40. The lowest BCUT2D eigenvalue weighted by Gasteiger charge is -2.34. The van der Waals surface area contributed by atoms with Crippen LogP contribution in [0.4, 0.5) is 4.39 Å². The van der Waals surface area contributed by atoms with Crippen LogP contribution in [-0.2, 0) is 4.74 Å². The van der Waals surface area contributed by atoms with Gasteiger partial charge in [0, 0.05) is 7.11 Å². The minimum atomic E-state index is -0.414. The van der Waals surface area contributed by atoms with Gasteiger partial charge in [-0.15, -0.1) is 0 Å². The molecule has 0 amide bonds. The summed E-state index contributed by atoms with van der Waals surface area (Å²) < 4.78 is 18.5. The number of hydrogen-bond donors (Lipinski definition) is 1. The van der Waals surface area contributed by atoms with E-state index in [1.54, 1.807) is 13.2 Å². The Morgan fingerprint density at radius 3 is 2.56 bits per heavy atom. The molecule has 1 aromatic rings. The first-order chi connectivity index (χ1) is 7.44. The number of methoxy groups -OCH3 is 1. The Labute approximate surface area is 96.6 Å². The molecule has 90 valence electrons. The van der Waals surface area contributed by atoms with E-state index in [0.717, 1.165) is 17.5 Å². The van der Waals surface area contributed by atoms with Gasteiger partial charge in [-0.3, -0.25) is 0 Å². The first kappa shape index (κ1) is 13.1. The second-order valence-electron chi connectivity index (χ2n) is 4.35. The molecule has 0 heterocycles. The van der Waals surface area contributed by atoms with E-state index < -0.39 is 5.60 Å². The van der Waals surface area contributed by atoms with Gasteiger partial charge in [-0.1, -0.05) is 13.0 Å². The number of rotatable bonds is 4. The highest BCUT2D eigenvalue weighted by molar-refractivity contribution is 5.31. The van der Waals surface area contributed by atoms with Crippen molar-refractivity contribution in [3.63, 3.8) is 0 Å². The lowest BCUT2D eigenvalue weighted by molar-refractivity contribution is -0.0196. The molecule has 2 N–H and O–H groups in total. The fourth-order valence-electron chi connectivity index (χ4n) is 1.81. The maximum atomic E-state index is 13.0. The first-order valence-corrected chi connectivity index (χ1v) is 5.51. The molecule has 1 aromatic carbocycles. The molecule has 0 bridgehead atoms. The monoisotopic (exact) mass is 225 g/mol. The fourth-order valence-corrected chi connectivity index (χ4v) is 1.81. The Balaban J connectivity index is 3.08. The fraction of sp³-hybridized carbons (Fsp3) is 0.538. The topological polar surface area (TPSA) is 35.2 Å². The molecule has 0 radical (unpaired) electrons. The lowest BCUT2D eigenvalue weighted by atomic mass is 9.86. The van der Waals surface area contributed by atoms with Gasteiger partial charge in [0.2, 0.25) is 0 Å². The molecule has 0 spiro atoms. The molecule has 0 aliphatic heterocycles. The van der Waals surface area contributed by atoms with Crippen molar-refractivity contribution in [3.8, 4) is 0 Å². The molecule has 1 rings (SSSR count). The maximum absolute atomic E-state index is 13.0. The molecule has 0 saturated carbocycles. The third-order valence-corrected chi connectivity index (χ3v) is 3.39. The number of halogens is 1. The van der Waals surface area contributed by atoms with Crippen LogP contribution in [0.25, 0.3) is 0 Å². The zero-order valence-electron chi connectivity index (χ0n) is 10.4. The van der Waals surface area contributed by atoms with Crippen molar-refractivity contribution in [2.75, 3.05) is 7.11 Å². The molecule has 2 unspecified atom stereocenters. The molecule has 0 fully saturated rings. The number of ether oxygens (including phenoxy) is 1. The Kier molecular flexibility index (Phi) is 4.05. The van der Waals surface area contributed by atoms with Crippen molar-refractivity contribution in [3.05, 3.63) is 35.1 Å². The van der Waals surface area contributed by atoms with Gasteiger partial charge in [0.1, 0.15) is 5.82 Å². The van der Waals surface area contributed by atoms with E-state index in [9.17, 15) is 4.39 Å². The summed E-state index contributed by atoms with van der Waals surface area (Å²) in [5.74, 6) is -0.232. The van der Waals surface area contributed by atoms with Gasteiger partial charge < -0.3 is 10.5 Å². The minimum absolute atomic E-state index is 0.232. The Morgan fingerprint density at radius 1 is 1.50 bits per heavy atom. The van der Waals surface area contributed by atoms with Gasteiger partial charge in [0.25, 0.3) is 0 Å². The molecule has 3 heteroatoms. The highest BCUT2D eigenvalue weighted by Crippen LogP contribution is 2.31. The predicted molar refractivity (Wildman–Crippen MR) is 63.8 cm³/mol. The number of nitrogens with two attached hydrogens (primary N) is 1. The summed E-state index contributed by atoms with van der Waals surface area (Å²) in [6.07, 6.45) is 0.807. The zero-order chi connectivity index (χ0) is 12.3. The molecule has 0 aliphatic carbocycles. The second kappa shape index (κ2) is 4.93. The molecular formula is C13H20FNO. The van der Waals surface area contributed by atoms with Crippen LogP contribution in [0.3, 0.4) is 0 Å². The summed E-state index contributed by atoms with van der Waals surface area (Å²) in [6.45, 7) is 5.87. The summed E-state index contributed by atoms with van der Waals surface area (Å²) in [7, 11) is 1.65. The van der Waals surface area contributed by atoms with E-state index in [2.05, 4.69) is 0 Å². The van der Waals surface area contributed by atoms with Gasteiger partial charge in [0.05, 0.1) is 11.6 Å². The molecule has 2 atom stereocenters. The highest BCUT2D eigenvalue weighted by atomic mass is 19.1. The van der Waals surface area contributed by atoms with Crippen molar-refractivity contribution in [2.24, 2.45) is 5.73 Å². The zero-order valence-corrected chi connectivity index (χ0v) is 10.4. The van der Waals surface area contributed by atoms with Crippen molar-refractivity contribution in [1.82, 2.24) is 0 Å². The van der Waals surface area contributed by atoms with E-state index in [-0.39, 0.29) is 11.9 Å². The number of hydrogen-bond acceptors (Lipinski definition) is 2. The Hall–Kier alpha value is -0.930. The van der Waals surface area contributed by atoms with Crippen LogP contribution in [0, 0.1) is 12.7 Å². The maximum Gasteiger partial charge on any atom is 0.123 e. The SMILES string of the molecule is CCC(C)(OC)C(N)c1ccc(F)cc1C. The minimum Gasteiger partial charge on any atom is -0.377 e. The van der Waals surface area contributed by atoms with Crippen molar-refractivity contribution < 1.29 is 9.13 Å². The standard InChI is InChI=1S/C13H20FNO/c1-5-13(3,16-4)12(15)11-7-6-10(14)8-9(11)2/h6-8,12H,5,15H2,1-4H3. The first-order valence-electron chi connectivity index (χ1n) is 5.51. The molecule has 0 saturated heterocycles. The van der Waals surface area contributed by atoms with Crippen LogP contribution in [0.2, 0.25) is 0 Å². The summed E-state index contributed by atoms with van der Waals surface area (Å²) in [6, 6.07) is 4.43. The van der Waals surface area contributed by atoms with E-state index >= 15 is 0 Å². The van der Waals surface area contributed by atoms with Crippen LogP contribution in [-0.4, -0.2) is 12.7 Å². The van der Waals surface area contributed by atoms with E-state index in [1.165, 1.54) is 12.1 Å². The third kappa shape index (κ3) is 2.42. The average Bonchev–Trinajstić information content (AvgIpc) is 2.27. The normalized spacial score (nSPS) is 16.9. The van der Waals surface area contributed by atoms with Crippen molar-refractivity contribution in [1.29, 1.82) is 0 Å². The highest BCUT2D eigenvalue weighted by Gasteiger charge is 2.31. The van der Waals surface area contributed by atoms with Crippen LogP contribution >= 0.6 is 0 Å². The molecule has 16 heavy (non-hydrogen) atoms. The predicted octanol–water partition coefficient (Wildman–Crippen LogP) is 2.95. The van der Waals surface area contributed by atoms with Crippen molar-refractivity contribution >= 4 is 0 Å². The van der Waals surface area contributed by atoms with Gasteiger partial charge in [-0.05, 0) is 43.5 Å². The third-order valence-electron chi connectivity index (χ3n) is 3.39. The van der Waals surface area contributed by atoms with Gasteiger partial charge in [-0.25, -0.2) is 4.39 Å². The van der Waals surface area contributed by atoms with E-state index in [1.807, 2.05) is 20.8 Å². The van der Waals surface area contributed by atoms with E-state index in [4.69, 9.17) is 10.5 Å². The quantitative estimate of drug-likeness (QED) is 0.855. The van der Waals surface area contributed by atoms with E-state index in [0.29, 0.717) is 0 Å². The van der Waals surface area contributed by atoms with Crippen LogP contribution < -0.4 is 5.73 Å².